The molecular weight excluding hydrogens is 400 g/mol. The number of rotatable bonds is 5. The molecule has 1 aromatic carbocycles. The Morgan fingerprint density at radius 3 is 2.80 bits per heavy atom. The lowest BCUT2D eigenvalue weighted by Crippen LogP contribution is -2.38. The third kappa shape index (κ3) is 4.49. The van der Waals surface area contributed by atoms with Gasteiger partial charge in [-0.05, 0) is 51.0 Å². The topological polar surface area (TPSA) is 71.1 Å². The number of anilines is 1. The fourth-order valence-electron chi connectivity index (χ4n) is 3.67. The second kappa shape index (κ2) is 8.88. The first-order chi connectivity index (χ1) is 14.5. The van der Waals surface area contributed by atoms with Gasteiger partial charge in [0.25, 0.3) is 5.56 Å². The Morgan fingerprint density at radius 1 is 1.23 bits per heavy atom. The zero-order valence-corrected chi connectivity index (χ0v) is 17.9. The van der Waals surface area contributed by atoms with E-state index in [0.717, 1.165) is 48.8 Å². The smallest absolute Gasteiger partial charge is 0.254 e. The van der Waals surface area contributed by atoms with Crippen LogP contribution in [-0.4, -0.2) is 34.6 Å². The number of nitrogens with zero attached hydrogens (tertiary/aromatic N) is 3. The SMILES string of the molecule is Cc1nc(-c2ccc(N3CCCC(COc4ccccc4Cl)C3)nc2)[nH]c(=O)c1C. The maximum Gasteiger partial charge on any atom is 0.254 e. The van der Waals surface area contributed by atoms with Crippen LogP contribution in [0.5, 0.6) is 5.75 Å². The van der Waals surface area contributed by atoms with Crippen LogP contribution >= 0.6 is 11.6 Å². The highest BCUT2D eigenvalue weighted by Crippen LogP contribution is 2.27. The van der Waals surface area contributed by atoms with Crippen LogP contribution in [0.4, 0.5) is 5.82 Å². The molecule has 1 aliphatic rings. The second-order valence-electron chi connectivity index (χ2n) is 7.73. The second-order valence-corrected chi connectivity index (χ2v) is 8.13. The largest absolute Gasteiger partial charge is 0.492 e. The van der Waals surface area contributed by atoms with Crippen molar-refractivity contribution in [3.05, 3.63) is 69.2 Å². The molecule has 156 valence electrons. The van der Waals surface area contributed by atoms with Gasteiger partial charge in [-0.1, -0.05) is 23.7 Å². The minimum Gasteiger partial charge on any atom is -0.492 e. The molecule has 6 nitrogen and oxygen atoms in total. The standard InChI is InChI=1S/C23H25ClN4O2/c1-15-16(2)26-22(27-23(15)29)18-9-10-21(25-12-18)28-11-5-6-17(13-28)14-30-20-8-4-3-7-19(20)24/h3-4,7-10,12,17H,5-6,11,13-14H2,1-2H3,(H,26,27,29). The van der Waals surface area contributed by atoms with Crippen LogP contribution in [0.3, 0.4) is 0 Å². The third-order valence-electron chi connectivity index (χ3n) is 5.57. The van der Waals surface area contributed by atoms with Crippen LogP contribution in [0.15, 0.2) is 47.4 Å². The Kier molecular flexibility index (Phi) is 6.04. The summed E-state index contributed by atoms with van der Waals surface area (Å²) < 4.78 is 5.95. The molecule has 0 spiro atoms. The first kappa shape index (κ1) is 20.4. The number of aryl methyl sites for hydroxylation is 1. The molecule has 1 N–H and O–H groups in total. The van der Waals surface area contributed by atoms with Gasteiger partial charge in [0.2, 0.25) is 0 Å². The van der Waals surface area contributed by atoms with E-state index in [2.05, 4.69) is 19.9 Å². The maximum atomic E-state index is 12.0. The zero-order valence-electron chi connectivity index (χ0n) is 17.2. The van der Waals surface area contributed by atoms with Crippen molar-refractivity contribution in [2.45, 2.75) is 26.7 Å². The molecule has 3 heterocycles. The fourth-order valence-corrected chi connectivity index (χ4v) is 3.86. The summed E-state index contributed by atoms with van der Waals surface area (Å²) in [5.41, 5.74) is 2.06. The number of pyridine rings is 1. The van der Waals surface area contributed by atoms with Gasteiger partial charge in [-0.3, -0.25) is 4.79 Å². The molecule has 0 saturated carbocycles. The predicted octanol–water partition coefficient (Wildman–Crippen LogP) is 4.40. The zero-order chi connectivity index (χ0) is 21.1. The number of aromatic nitrogens is 3. The number of hydrogen-bond acceptors (Lipinski definition) is 5. The average molecular weight is 425 g/mol. The number of ether oxygens (including phenoxy) is 1. The van der Waals surface area contributed by atoms with Crippen molar-refractivity contribution < 1.29 is 4.74 Å². The molecule has 0 amide bonds. The highest BCUT2D eigenvalue weighted by molar-refractivity contribution is 6.32. The van der Waals surface area contributed by atoms with Crippen molar-refractivity contribution in [2.24, 2.45) is 5.92 Å². The molecule has 4 rings (SSSR count). The molecule has 7 heteroatoms. The highest BCUT2D eigenvalue weighted by atomic mass is 35.5. The molecule has 1 unspecified atom stereocenters. The molecule has 2 aromatic heterocycles. The lowest BCUT2D eigenvalue weighted by molar-refractivity contribution is 0.228. The van der Waals surface area contributed by atoms with Crippen LogP contribution < -0.4 is 15.2 Å². The normalized spacial score (nSPS) is 16.5. The Labute approximate surface area is 180 Å². The molecule has 30 heavy (non-hydrogen) atoms. The Hall–Kier alpha value is -2.86. The number of halogens is 1. The molecule has 0 bridgehead atoms. The van der Waals surface area contributed by atoms with Crippen molar-refractivity contribution >= 4 is 17.4 Å². The van der Waals surface area contributed by atoms with Crippen molar-refractivity contribution in [1.29, 1.82) is 0 Å². The van der Waals surface area contributed by atoms with E-state index < -0.39 is 0 Å². The first-order valence-electron chi connectivity index (χ1n) is 10.2. The van der Waals surface area contributed by atoms with E-state index in [0.29, 0.717) is 28.9 Å². The van der Waals surface area contributed by atoms with Gasteiger partial charge in [0.05, 0.1) is 11.6 Å². The summed E-state index contributed by atoms with van der Waals surface area (Å²) in [7, 11) is 0. The first-order valence-corrected chi connectivity index (χ1v) is 10.6. The summed E-state index contributed by atoms with van der Waals surface area (Å²) in [6.07, 6.45) is 3.98. The van der Waals surface area contributed by atoms with Gasteiger partial charge in [-0.2, -0.15) is 0 Å². The van der Waals surface area contributed by atoms with Crippen molar-refractivity contribution in [2.75, 3.05) is 24.6 Å². The number of hydrogen-bond donors (Lipinski definition) is 1. The van der Waals surface area contributed by atoms with E-state index in [1.54, 1.807) is 13.1 Å². The number of H-pyrrole nitrogens is 1. The highest BCUT2D eigenvalue weighted by Gasteiger charge is 2.22. The summed E-state index contributed by atoms with van der Waals surface area (Å²) in [4.78, 5) is 26.2. The average Bonchev–Trinajstić information content (AvgIpc) is 2.77. The minimum absolute atomic E-state index is 0.112. The molecule has 1 aliphatic heterocycles. The van der Waals surface area contributed by atoms with Crippen molar-refractivity contribution in [1.82, 2.24) is 15.0 Å². The summed E-state index contributed by atoms with van der Waals surface area (Å²) in [6.45, 7) is 6.10. The molecule has 0 radical (unpaired) electrons. The maximum absolute atomic E-state index is 12.0. The van der Waals surface area contributed by atoms with Gasteiger partial charge >= 0.3 is 0 Å². The predicted molar refractivity (Wildman–Crippen MR) is 119 cm³/mol. The molecule has 1 saturated heterocycles. The summed E-state index contributed by atoms with van der Waals surface area (Å²) >= 11 is 6.19. The van der Waals surface area contributed by atoms with E-state index in [9.17, 15) is 4.79 Å². The molecular formula is C23H25ClN4O2. The fraction of sp³-hybridized carbons (Fsp3) is 0.348. The van der Waals surface area contributed by atoms with Crippen LogP contribution in [0.2, 0.25) is 5.02 Å². The molecule has 1 fully saturated rings. The quantitative estimate of drug-likeness (QED) is 0.657. The van der Waals surface area contributed by atoms with E-state index >= 15 is 0 Å². The van der Waals surface area contributed by atoms with E-state index in [4.69, 9.17) is 16.3 Å². The van der Waals surface area contributed by atoms with Gasteiger partial charge < -0.3 is 14.6 Å². The van der Waals surface area contributed by atoms with Gasteiger partial charge in [0, 0.05) is 42.0 Å². The Balaban J connectivity index is 1.42. The molecule has 1 atom stereocenters. The Morgan fingerprint density at radius 2 is 2.07 bits per heavy atom. The van der Waals surface area contributed by atoms with Gasteiger partial charge in [0.15, 0.2) is 0 Å². The van der Waals surface area contributed by atoms with E-state index in [1.807, 2.05) is 43.3 Å². The summed E-state index contributed by atoms with van der Waals surface area (Å²) in [6, 6.07) is 11.5. The monoisotopic (exact) mass is 424 g/mol. The van der Waals surface area contributed by atoms with Gasteiger partial charge in [-0.25, -0.2) is 9.97 Å². The lowest BCUT2D eigenvalue weighted by Gasteiger charge is -2.33. The number of aromatic amines is 1. The third-order valence-corrected chi connectivity index (χ3v) is 5.88. The minimum atomic E-state index is -0.112. The van der Waals surface area contributed by atoms with Gasteiger partial charge in [0.1, 0.15) is 17.4 Å². The van der Waals surface area contributed by atoms with Crippen LogP contribution in [0.25, 0.3) is 11.4 Å². The van der Waals surface area contributed by atoms with Crippen molar-refractivity contribution in [3.8, 4) is 17.1 Å². The van der Waals surface area contributed by atoms with Crippen LogP contribution in [0, 0.1) is 19.8 Å². The van der Waals surface area contributed by atoms with Gasteiger partial charge in [-0.15, -0.1) is 0 Å². The van der Waals surface area contributed by atoms with Crippen LogP contribution in [0.1, 0.15) is 24.1 Å². The summed E-state index contributed by atoms with van der Waals surface area (Å²) in [5, 5.41) is 0.639. The molecule has 3 aromatic rings. The molecule has 0 aliphatic carbocycles. The van der Waals surface area contributed by atoms with Crippen molar-refractivity contribution in [3.63, 3.8) is 0 Å². The number of piperidine rings is 1. The lowest BCUT2D eigenvalue weighted by atomic mass is 9.99. The van der Waals surface area contributed by atoms with Crippen LogP contribution in [-0.2, 0) is 0 Å². The number of benzene rings is 1. The summed E-state index contributed by atoms with van der Waals surface area (Å²) in [5.74, 6) is 2.61. The number of para-hydroxylation sites is 1. The Bertz CT molecular complexity index is 1080. The number of nitrogens with one attached hydrogen (secondary N) is 1. The van der Waals surface area contributed by atoms with E-state index in [1.165, 1.54) is 0 Å². The van der Waals surface area contributed by atoms with E-state index in [-0.39, 0.29) is 5.56 Å².